The number of aliphatic hydroxyl groups excluding tert-OH is 1. The second-order valence-electron chi connectivity index (χ2n) is 4.51. The normalized spacial score (nSPS) is 12.5. The Labute approximate surface area is 111 Å². The van der Waals surface area contributed by atoms with E-state index >= 15 is 0 Å². The Morgan fingerprint density at radius 1 is 1.42 bits per heavy atom. The second-order valence-corrected chi connectivity index (χ2v) is 4.51. The van der Waals surface area contributed by atoms with Crippen LogP contribution in [0.3, 0.4) is 0 Å². The van der Waals surface area contributed by atoms with E-state index in [9.17, 15) is 9.50 Å². The van der Waals surface area contributed by atoms with Gasteiger partial charge in [0.05, 0.1) is 18.9 Å². The number of aliphatic hydroxyl groups is 1. The summed E-state index contributed by atoms with van der Waals surface area (Å²) in [5, 5.41) is 14.4. The number of aryl methyl sites for hydroxylation is 2. The largest absolute Gasteiger partial charge is 0.494 e. The minimum absolute atomic E-state index is 0.173. The Morgan fingerprint density at radius 2 is 2.16 bits per heavy atom. The molecule has 2 rings (SSSR count). The average molecular weight is 264 g/mol. The molecule has 5 heteroatoms. The van der Waals surface area contributed by atoms with E-state index in [0.717, 1.165) is 11.4 Å². The molecule has 1 atom stereocenters. The van der Waals surface area contributed by atoms with Crippen molar-refractivity contribution in [3.63, 3.8) is 0 Å². The number of hydrogen-bond acceptors (Lipinski definition) is 3. The van der Waals surface area contributed by atoms with Crippen molar-refractivity contribution in [3.05, 3.63) is 47.0 Å². The first-order valence-electron chi connectivity index (χ1n) is 6.02. The monoisotopic (exact) mass is 264 g/mol. The van der Waals surface area contributed by atoms with Gasteiger partial charge in [-0.3, -0.25) is 4.68 Å². The highest BCUT2D eigenvalue weighted by atomic mass is 19.1. The van der Waals surface area contributed by atoms with Crippen molar-refractivity contribution in [2.75, 3.05) is 7.11 Å². The lowest BCUT2D eigenvalue weighted by Crippen LogP contribution is -2.07. The van der Waals surface area contributed by atoms with Crippen LogP contribution in [0.25, 0.3) is 0 Å². The summed E-state index contributed by atoms with van der Waals surface area (Å²) in [6.07, 6.45) is -0.376. The van der Waals surface area contributed by atoms with Crippen molar-refractivity contribution in [2.24, 2.45) is 7.05 Å². The molecule has 4 nitrogen and oxygen atoms in total. The van der Waals surface area contributed by atoms with Crippen molar-refractivity contribution >= 4 is 0 Å². The molecule has 0 aliphatic carbocycles. The molecule has 1 aromatic carbocycles. The maximum atomic E-state index is 13.6. The topological polar surface area (TPSA) is 47.3 Å². The van der Waals surface area contributed by atoms with Crippen LogP contribution in [-0.2, 0) is 13.5 Å². The van der Waals surface area contributed by atoms with Gasteiger partial charge in [-0.15, -0.1) is 0 Å². The van der Waals surface area contributed by atoms with Gasteiger partial charge in [-0.05, 0) is 30.7 Å². The molecule has 0 aliphatic heterocycles. The highest BCUT2D eigenvalue weighted by Gasteiger charge is 2.14. The van der Waals surface area contributed by atoms with E-state index in [2.05, 4.69) is 5.10 Å². The van der Waals surface area contributed by atoms with Gasteiger partial charge in [-0.2, -0.15) is 5.10 Å². The summed E-state index contributed by atoms with van der Waals surface area (Å²) < 4.78 is 20.1. The predicted octanol–water partition coefficient (Wildman–Crippen LogP) is 2.15. The molecule has 1 aromatic heterocycles. The Hall–Kier alpha value is -1.88. The summed E-state index contributed by atoms with van der Waals surface area (Å²) in [4.78, 5) is 0. The van der Waals surface area contributed by atoms with Crippen LogP contribution < -0.4 is 4.74 Å². The van der Waals surface area contributed by atoms with Crippen molar-refractivity contribution in [1.82, 2.24) is 9.78 Å². The van der Waals surface area contributed by atoms with Gasteiger partial charge < -0.3 is 9.84 Å². The molecule has 0 fully saturated rings. The molecule has 2 aromatic rings. The fraction of sp³-hybridized carbons (Fsp3) is 0.357. The third-order valence-electron chi connectivity index (χ3n) is 3.06. The summed E-state index contributed by atoms with van der Waals surface area (Å²) in [5.74, 6) is -0.299. The van der Waals surface area contributed by atoms with Gasteiger partial charge in [0.25, 0.3) is 0 Å². The molecule has 0 radical (unpaired) electrons. The number of ether oxygens (including phenoxy) is 1. The van der Waals surface area contributed by atoms with Gasteiger partial charge in [-0.25, -0.2) is 4.39 Å². The summed E-state index contributed by atoms with van der Waals surface area (Å²) in [6, 6.07) is 6.38. The van der Waals surface area contributed by atoms with Crippen LogP contribution in [0.1, 0.15) is 23.1 Å². The first kappa shape index (κ1) is 13.5. The molecule has 0 aliphatic rings. The number of methoxy groups -OCH3 is 1. The number of benzene rings is 1. The Morgan fingerprint density at radius 3 is 2.68 bits per heavy atom. The molecule has 0 spiro atoms. The van der Waals surface area contributed by atoms with Crippen LogP contribution in [0.5, 0.6) is 5.75 Å². The fourth-order valence-corrected chi connectivity index (χ4v) is 2.06. The van der Waals surface area contributed by atoms with Gasteiger partial charge in [0.1, 0.15) is 0 Å². The van der Waals surface area contributed by atoms with Gasteiger partial charge in [0.15, 0.2) is 11.6 Å². The molecule has 0 bridgehead atoms. The van der Waals surface area contributed by atoms with Crippen LogP contribution in [-0.4, -0.2) is 22.0 Å². The second kappa shape index (κ2) is 5.40. The first-order valence-corrected chi connectivity index (χ1v) is 6.02. The lowest BCUT2D eigenvalue weighted by molar-refractivity contribution is 0.175. The molecule has 1 N–H and O–H groups in total. The van der Waals surface area contributed by atoms with E-state index in [-0.39, 0.29) is 5.75 Å². The van der Waals surface area contributed by atoms with Gasteiger partial charge in [0, 0.05) is 19.2 Å². The average Bonchev–Trinajstić information content (AvgIpc) is 2.67. The molecular weight excluding hydrogens is 247 g/mol. The van der Waals surface area contributed by atoms with E-state index in [1.165, 1.54) is 19.2 Å². The van der Waals surface area contributed by atoms with E-state index in [0.29, 0.717) is 12.0 Å². The van der Waals surface area contributed by atoms with Crippen LogP contribution >= 0.6 is 0 Å². The molecule has 0 saturated carbocycles. The molecular formula is C14H17FN2O2. The van der Waals surface area contributed by atoms with E-state index in [1.807, 2.05) is 20.0 Å². The van der Waals surface area contributed by atoms with Crippen molar-refractivity contribution in [3.8, 4) is 5.75 Å². The first-order chi connectivity index (χ1) is 9.01. The van der Waals surface area contributed by atoms with Crippen LogP contribution in [0.2, 0.25) is 0 Å². The summed E-state index contributed by atoms with van der Waals surface area (Å²) in [5.41, 5.74) is 2.32. The summed E-state index contributed by atoms with van der Waals surface area (Å²) in [6.45, 7) is 1.89. The predicted molar refractivity (Wildman–Crippen MR) is 69.6 cm³/mol. The van der Waals surface area contributed by atoms with Crippen LogP contribution in [0.4, 0.5) is 4.39 Å². The third-order valence-corrected chi connectivity index (χ3v) is 3.06. The number of hydrogen-bond donors (Lipinski definition) is 1. The van der Waals surface area contributed by atoms with Gasteiger partial charge in [-0.1, -0.05) is 6.07 Å². The number of halogens is 1. The van der Waals surface area contributed by atoms with Crippen molar-refractivity contribution in [2.45, 2.75) is 19.4 Å². The minimum atomic E-state index is -0.768. The van der Waals surface area contributed by atoms with Gasteiger partial charge >= 0.3 is 0 Å². The van der Waals surface area contributed by atoms with E-state index in [4.69, 9.17) is 4.74 Å². The Balaban J connectivity index is 2.18. The van der Waals surface area contributed by atoms with Crippen molar-refractivity contribution in [1.29, 1.82) is 0 Å². The Kier molecular flexibility index (Phi) is 3.85. The lowest BCUT2D eigenvalue weighted by atomic mass is 10.0. The third kappa shape index (κ3) is 2.93. The maximum absolute atomic E-state index is 13.6. The Bertz CT molecular complexity index is 581. The maximum Gasteiger partial charge on any atom is 0.165 e. The zero-order valence-electron chi connectivity index (χ0n) is 11.2. The SMILES string of the molecule is COc1ccc(C(O)Cc2cc(C)nn2C)cc1F. The number of aromatic nitrogens is 2. The number of nitrogens with zero attached hydrogens (tertiary/aromatic N) is 2. The molecule has 102 valence electrons. The fourth-order valence-electron chi connectivity index (χ4n) is 2.06. The molecule has 1 unspecified atom stereocenters. The molecule has 19 heavy (non-hydrogen) atoms. The zero-order valence-corrected chi connectivity index (χ0v) is 11.2. The lowest BCUT2D eigenvalue weighted by Gasteiger charge is -2.12. The number of rotatable bonds is 4. The van der Waals surface area contributed by atoms with E-state index < -0.39 is 11.9 Å². The van der Waals surface area contributed by atoms with Crippen molar-refractivity contribution < 1.29 is 14.2 Å². The summed E-state index contributed by atoms with van der Waals surface area (Å²) >= 11 is 0. The standard InChI is InChI=1S/C14H17FN2O2/c1-9-6-11(17(2)16-9)8-13(18)10-4-5-14(19-3)12(15)7-10/h4-7,13,18H,8H2,1-3H3. The van der Waals surface area contributed by atoms with Gasteiger partial charge in [0.2, 0.25) is 0 Å². The molecule has 0 amide bonds. The van der Waals surface area contributed by atoms with Crippen LogP contribution in [0.15, 0.2) is 24.3 Å². The summed E-state index contributed by atoms with van der Waals surface area (Å²) in [7, 11) is 3.23. The van der Waals surface area contributed by atoms with E-state index in [1.54, 1.807) is 10.7 Å². The minimum Gasteiger partial charge on any atom is -0.494 e. The van der Waals surface area contributed by atoms with Crippen LogP contribution in [0, 0.1) is 12.7 Å². The highest BCUT2D eigenvalue weighted by molar-refractivity contribution is 5.31. The zero-order chi connectivity index (χ0) is 14.0. The molecule has 0 saturated heterocycles. The smallest absolute Gasteiger partial charge is 0.165 e. The molecule has 1 heterocycles. The quantitative estimate of drug-likeness (QED) is 0.920. The highest BCUT2D eigenvalue weighted by Crippen LogP contribution is 2.24.